The zero-order valence-corrected chi connectivity index (χ0v) is 16.6. The van der Waals surface area contributed by atoms with Crippen molar-refractivity contribution in [1.82, 2.24) is 19.6 Å². The number of piperazine rings is 1. The van der Waals surface area contributed by atoms with Gasteiger partial charge in [0.15, 0.2) is 0 Å². The molecule has 0 saturated carbocycles. The van der Waals surface area contributed by atoms with Crippen LogP contribution in [0.25, 0.3) is 20.2 Å². The summed E-state index contributed by atoms with van der Waals surface area (Å²) in [4.78, 5) is 30.0. The second kappa shape index (κ2) is 7.40. The Kier molecular flexibility index (Phi) is 4.97. The average Bonchev–Trinajstić information content (AvgIpc) is 3.07. The summed E-state index contributed by atoms with van der Waals surface area (Å²) in [5.41, 5.74) is 0.623. The Balaban J connectivity index is 1.61. The third-order valence-electron chi connectivity index (χ3n) is 5.19. The summed E-state index contributed by atoms with van der Waals surface area (Å²) in [6.07, 6.45) is 1.13. The summed E-state index contributed by atoms with van der Waals surface area (Å²) >= 11 is 1.59. The smallest absolute Gasteiger partial charge is 0.276 e. The molecule has 1 aliphatic heterocycles. The molecule has 1 aromatic carbocycles. The molecule has 7 heteroatoms. The van der Waals surface area contributed by atoms with Crippen LogP contribution in [0.4, 0.5) is 0 Å². The fraction of sp³-hybridized carbons (Fsp3) is 0.450. The number of benzene rings is 1. The Bertz CT molecular complexity index is 1050. The second-order valence-corrected chi connectivity index (χ2v) is 8.13. The van der Waals surface area contributed by atoms with Crippen LogP contribution in [0.1, 0.15) is 19.0 Å². The quantitative estimate of drug-likeness (QED) is 0.693. The van der Waals surface area contributed by atoms with Crippen molar-refractivity contribution in [3.8, 4) is 0 Å². The Morgan fingerprint density at radius 3 is 2.67 bits per heavy atom. The van der Waals surface area contributed by atoms with Crippen LogP contribution in [-0.4, -0.2) is 58.2 Å². The lowest BCUT2D eigenvalue weighted by Crippen LogP contribution is -2.50. The van der Waals surface area contributed by atoms with Crippen LogP contribution in [0.2, 0.25) is 0 Å². The lowest BCUT2D eigenvalue weighted by atomic mass is 10.2. The van der Waals surface area contributed by atoms with E-state index >= 15 is 0 Å². The third kappa shape index (κ3) is 3.37. The standard InChI is InChI=1S/C20H24N4O2S/c1-3-8-22-9-11-23(12-10-22)17(25)13-24-20(26)18-15-6-4-5-7-16(15)27-19(18)14(2)21-24/h4-7H,3,8-13H2,1-2H3. The van der Waals surface area contributed by atoms with Crippen LogP contribution >= 0.6 is 11.3 Å². The molecule has 0 atom stereocenters. The van der Waals surface area contributed by atoms with Crippen LogP contribution in [0.3, 0.4) is 0 Å². The minimum atomic E-state index is -0.175. The Labute approximate surface area is 162 Å². The highest BCUT2D eigenvalue weighted by molar-refractivity contribution is 7.26. The van der Waals surface area contributed by atoms with Gasteiger partial charge in [-0.15, -0.1) is 11.3 Å². The minimum Gasteiger partial charge on any atom is -0.339 e. The normalized spacial score (nSPS) is 15.7. The van der Waals surface area contributed by atoms with E-state index in [2.05, 4.69) is 16.9 Å². The van der Waals surface area contributed by atoms with Crippen LogP contribution in [0.15, 0.2) is 29.1 Å². The molecule has 0 unspecified atom stereocenters. The third-order valence-corrected chi connectivity index (χ3v) is 6.47. The highest BCUT2D eigenvalue weighted by Crippen LogP contribution is 2.32. The number of amides is 1. The summed E-state index contributed by atoms with van der Waals surface area (Å²) < 4.78 is 3.33. The number of aromatic nitrogens is 2. The summed E-state index contributed by atoms with van der Waals surface area (Å²) in [5, 5.41) is 6.06. The SMILES string of the molecule is CCCN1CCN(C(=O)Cn2nc(C)c3sc4ccccc4c3c2=O)CC1. The van der Waals surface area contributed by atoms with Crippen molar-refractivity contribution in [3.05, 3.63) is 40.3 Å². The molecule has 27 heavy (non-hydrogen) atoms. The number of fused-ring (bicyclic) bond motifs is 3. The maximum Gasteiger partial charge on any atom is 0.276 e. The lowest BCUT2D eigenvalue weighted by molar-refractivity contribution is -0.133. The van der Waals surface area contributed by atoms with Gasteiger partial charge in [0.25, 0.3) is 5.56 Å². The van der Waals surface area contributed by atoms with Crippen LogP contribution in [0.5, 0.6) is 0 Å². The molecule has 0 spiro atoms. The molecule has 142 valence electrons. The largest absolute Gasteiger partial charge is 0.339 e. The first-order valence-electron chi connectivity index (χ1n) is 9.47. The monoisotopic (exact) mass is 384 g/mol. The van der Waals surface area contributed by atoms with Gasteiger partial charge in [-0.05, 0) is 26.0 Å². The first kappa shape index (κ1) is 18.1. The van der Waals surface area contributed by atoms with Gasteiger partial charge in [0.05, 0.1) is 15.8 Å². The fourth-order valence-electron chi connectivity index (χ4n) is 3.79. The highest BCUT2D eigenvalue weighted by Gasteiger charge is 2.22. The van der Waals surface area contributed by atoms with Gasteiger partial charge in [-0.1, -0.05) is 25.1 Å². The number of hydrogen-bond donors (Lipinski definition) is 0. The van der Waals surface area contributed by atoms with Gasteiger partial charge in [0.2, 0.25) is 5.91 Å². The number of hydrogen-bond acceptors (Lipinski definition) is 5. The molecular formula is C20H24N4O2S. The molecular weight excluding hydrogens is 360 g/mol. The van der Waals surface area contributed by atoms with Gasteiger partial charge < -0.3 is 4.90 Å². The first-order chi connectivity index (χ1) is 13.1. The maximum atomic E-state index is 13.0. The molecule has 1 amide bonds. The van der Waals surface area contributed by atoms with E-state index in [9.17, 15) is 9.59 Å². The zero-order chi connectivity index (χ0) is 19.0. The van der Waals surface area contributed by atoms with Gasteiger partial charge in [-0.3, -0.25) is 14.5 Å². The predicted molar refractivity (Wildman–Crippen MR) is 109 cm³/mol. The van der Waals surface area contributed by atoms with Gasteiger partial charge in [-0.2, -0.15) is 5.10 Å². The Morgan fingerprint density at radius 2 is 1.93 bits per heavy atom. The predicted octanol–water partition coefficient (Wildman–Crippen LogP) is 2.47. The maximum absolute atomic E-state index is 13.0. The van der Waals surface area contributed by atoms with Gasteiger partial charge in [0.1, 0.15) is 6.54 Å². The topological polar surface area (TPSA) is 58.4 Å². The van der Waals surface area contributed by atoms with E-state index in [1.165, 1.54) is 4.68 Å². The van der Waals surface area contributed by atoms with Gasteiger partial charge >= 0.3 is 0 Å². The van der Waals surface area contributed by atoms with Crippen molar-refractivity contribution in [2.24, 2.45) is 0 Å². The molecule has 0 N–H and O–H groups in total. The molecule has 1 saturated heterocycles. The highest BCUT2D eigenvalue weighted by atomic mass is 32.1. The van der Waals surface area contributed by atoms with Crippen molar-refractivity contribution < 1.29 is 4.79 Å². The van der Waals surface area contributed by atoms with Crippen molar-refractivity contribution in [1.29, 1.82) is 0 Å². The van der Waals surface area contributed by atoms with Crippen molar-refractivity contribution in [3.63, 3.8) is 0 Å². The number of carbonyl (C=O) groups excluding carboxylic acids is 1. The van der Waals surface area contributed by atoms with Gasteiger partial charge in [-0.25, -0.2) is 4.68 Å². The van der Waals surface area contributed by atoms with Crippen LogP contribution < -0.4 is 5.56 Å². The zero-order valence-electron chi connectivity index (χ0n) is 15.8. The average molecular weight is 385 g/mol. The first-order valence-corrected chi connectivity index (χ1v) is 10.3. The van der Waals surface area contributed by atoms with E-state index in [4.69, 9.17) is 0 Å². The second-order valence-electron chi connectivity index (χ2n) is 7.07. The minimum absolute atomic E-state index is 0.00750. The summed E-state index contributed by atoms with van der Waals surface area (Å²) in [6.45, 7) is 8.39. The summed E-state index contributed by atoms with van der Waals surface area (Å²) in [7, 11) is 0. The number of aryl methyl sites for hydroxylation is 1. The van der Waals surface area contributed by atoms with E-state index in [-0.39, 0.29) is 18.0 Å². The molecule has 6 nitrogen and oxygen atoms in total. The van der Waals surface area contributed by atoms with Crippen molar-refractivity contribution in [2.75, 3.05) is 32.7 Å². The van der Waals surface area contributed by atoms with E-state index in [1.54, 1.807) is 11.3 Å². The number of thiophene rings is 1. The fourth-order valence-corrected chi connectivity index (χ4v) is 4.92. The molecule has 0 radical (unpaired) electrons. The molecule has 3 heterocycles. The van der Waals surface area contributed by atoms with Crippen molar-refractivity contribution in [2.45, 2.75) is 26.8 Å². The molecule has 4 rings (SSSR count). The van der Waals surface area contributed by atoms with E-state index in [1.807, 2.05) is 36.1 Å². The molecule has 1 aliphatic rings. The van der Waals surface area contributed by atoms with Gasteiger partial charge in [0, 0.05) is 36.3 Å². The van der Waals surface area contributed by atoms with Crippen molar-refractivity contribution >= 4 is 37.4 Å². The number of nitrogens with zero attached hydrogens (tertiary/aromatic N) is 4. The van der Waals surface area contributed by atoms with Crippen LogP contribution in [0, 0.1) is 6.92 Å². The van der Waals surface area contributed by atoms with E-state index < -0.39 is 0 Å². The van der Waals surface area contributed by atoms with E-state index in [0.29, 0.717) is 5.39 Å². The number of rotatable bonds is 4. The molecule has 0 aliphatic carbocycles. The summed E-state index contributed by atoms with van der Waals surface area (Å²) in [5.74, 6) is -0.0287. The Hall–Kier alpha value is -2.25. The molecule has 1 fully saturated rings. The lowest BCUT2D eigenvalue weighted by Gasteiger charge is -2.34. The Morgan fingerprint density at radius 1 is 1.19 bits per heavy atom. The summed E-state index contributed by atoms with van der Waals surface area (Å²) in [6, 6.07) is 7.90. The molecule has 2 aromatic heterocycles. The van der Waals surface area contributed by atoms with E-state index in [0.717, 1.165) is 59.6 Å². The number of carbonyl (C=O) groups is 1. The molecule has 3 aromatic rings. The molecule has 0 bridgehead atoms. The van der Waals surface area contributed by atoms with Crippen LogP contribution in [-0.2, 0) is 11.3 Å².